The van der Waals surface area contributed by atoms with Crippen LogP contribution >= 0.6 is 0 Å². The Morgan fingerprint density at radius 1 is 0.833 bits per heavy atom. The summed E-state index contributed by atoms with van der Waals surface area (Å²) >= 11 is 0. The molecular formula is C15H28N2O. The molecule has 0 radical (unpaired) electrons. The molecule has 104 valence electrons. The van der Waals surface area contributed by atoms with E-state index in [1.807, 2.05) is 0 Å². The SMILES string of the molecule is Cc1cc(C(C)(C)C)c(O)c(C(C)(C)C)c1.NN. The lowest BCUT2D eigenvalue weighted by molar-refractivity contribution is 0.423. The van der Waals surface area contributed by atoms with E-state index < -0.39 is 0 Å². The number of hydrazine groups is 1. The Balaban J connectivity index is 0.00000137. The van der Waals surface area contributed by atoms with Crippen molar-refractivity contribution in [2.75, 3.05) is 0 Å². The number of hydrogen-bond acceptors (Lipinski definition) is 3. The molecule has 0 atom stereocenters. The molecule has 0 spiro atoms. The van der Waals surface area contributed by atoms with E-state index in [1.165, 1.54) is 5.56 Å². The molecule has 0 saturated carbocycles. The number of nitrogens with two attached hydrogens (primary N) is 2. The van der Waals surface area contributed by atoms with Crippen LogP contribution in [-0.2, 0) is 10.8 Å². The van der Waals surface area contributed by atoms with Gasteiger partial charge in [0.05, 0.1) is 0 Å². The largest absolute Gasteiger partial charge is 0.507 e. The van der Waals surface area contributed by atoms with Gasteiger partial charge in [0.2, 0.25) is 0 Å². The lowest BCUT2D eigenvalue weighted by Gasteiger charge is -2.27. The Labute approximate surface area is 111 Å². The fourth-order valence-corrected chi connectivity index (χ4v) is 1.92. The molecule has 3 nitrogen and oxygen atoms in total. The molecule has 18 heavy (non-hydrogen) atoms. The summed E-state index contributed by atoms with van der Waals surface area (Å²) in [6.45, 7) is 14.9. The van der Waals surface area contributed by atoms with Crippen molar-refractivity contribution in [3.05, 3.63) is 28.8 Å². The topological polar surface area (TPSA) is 72.3 Å². The maximum absolute atomic E-state index is 10.4. The summed E-state index contributed by atoms with van der Waals surface area (Å²) in [6.07, 6.45) is 0. The van der Waals surface area contributed by atoms with Gasteiger partial charge in [-0.15, -0.1) is 0 Å². The van der Waals surface area contributed by atoms with E-state index in [2.05, 4.69) is 72.3 Å². The van der Waals surface area contributed by atoms with E-state index in [0.29, 0.717) is 5.75 Å². The van der Waals surface area contributed by atoms with Gasteiger partial charge in [-0.25, -0.2) is 0 Å². The summed E-state index contributed by atoms with van der Waals surface area (Å²) in [5, 5.41) is 10.4. The van der Waals surface area contributed by atoms with Crippen LogP contribution in [0.15, 0.2) is 12.1 Å². The molecule has 0 bridgehead atoms. The van der Waals surface area contributed by atoms with Gasteiger partial charge in [-0.3, -0.25) is 11.7 Å². The van der Waals surface area contributed by atoms with Crippen LogP contribution in [0.25, 0.3) is 0 Å². The summed E-state index contributed by atoms with van der Waals surface area (Å²) in [7, 11) is 0. The van der Waals surface area contributed by atoms with Gasteiger partial charge in [0, 0.05) is 0 Å². The van der Waals surface area contributed by atoms with Gasteiger partial charge in [-0.05, 0) is 28.9 Å². The average Bonchev–Trinajstić information content (AvgIpc) is 2.21. The van der Waals surface area contributed by atoms with Crippen molar-refractivity contribution in [3.63, 3.8) is 0 Å². The minimum absolute atomic E-state index is 0.0178. The molecule has 0 aliphatic carbocycles. The van der Waals surface area contributed by atoms with E-state index in [4.69, 9.17) is 0 Å². The zero-order chi connectivity index (χ0) is 14.7. The number of benzene rings is 1. The number of phenols is 1. The average molecular weight is 252 g/mol. The Bertz CT molecular complexity index is 363. The van der Waals surface area contributed by atoms with Crippen molar-refractivity contribution in [2.24, 2.45) is 11.7 Å². The fourth-order valence-electron chi connectivity index (χ4n) is 1.92. The Kier molecular flexibility index (Phi) is 5.38. The van der Waals surface area contributed by atoms with Gasteiger partial charge in [0.25, 0.3) is 0 Å². The van der Waals surface area contributed by atoms with Crippen molar-refractivity contribution < 1.29 is 5.11 Å². The van der Waals surface area contributed by atoms with Gasteiger partial charge < -0.3 is 5.11 Å². The summed E-state index contributed by atoms with van der Waals surface area (Å²) in [5.41, 5.74) is 3.26. The molecule has 0 aliphatic rings. The number of hydrogen-bond donors (Lipinski definition) is 3. The molecular weight excluding hydrogens is 224 g/mol. The van der Waals surface area contributed by atoms with E-state index in [-0.39, 0.29) is 10.8 Å². The molecule has 0 fully saturated rings. The van der Waals surface area contributed by atoms with Crippen LogP contribution in [-0.4, -0.2) is 5.11 Å². The molecule has 0 aromatic heterocycles. The maximum atomic E-state index is 10.4. The van der Waals surface area contributed by atoms with E-state index >= 15 is 0 Å². The standard InChI is InChI=1S/C15H24O.H4N2/c1-10-8-11(14(2,3)4)13(16)12(9-10)15(5,6)7;1-2/h8-9,16H,1-7H3;1-2H2. The smallest absolute Gasteiger partial charge is 0.123 e. The third-order valence-electron chi connectivity index (χ3n) is 2.87. The predicted molar refractivity (Wildman–Crippen MR) is 78.6 cm³/mol. The van der Waals surface area contributed by atoms with Crippen LogP contribution in [0.1, 0.15) is 58.2 Å². The van der Waals surface area contributed by atoms with E-state index in [1.54, 1.807) is 0 Å². The van der Waals surface area contributed by atoms with E-state index in [9.17, 15) is 5.11 Å². The highest BCUT2D eigenvalue weighted by atomic mass is 16.3. The summed E-state index contributed by atoms with van der Waals surface area (Å²) < 4.78 is 0. The zero-order valence-corrected chi connectivity index (χ0v) is 12.8. The fraction of sp³-hybridized carbons (Fsp3) is 0.600. The second-order valence-electron chi connectivity index (χ2n) is 6.71. The molecule has 0 amide bonds. The first-order chi connectivity index (χ1) is 8.03. The normalized spacial score (nSPS) is 11.8. The number of rotatable bonds is 0. The Hall–Kier alpha value is -1.06. The lowest BCUT2D eigenvalue weighted by atomic mass is 9.78. The van der Waals surface area contributed by atoms with Crippen LogP contribution in [0.2, 0.25) is 0 Å². The second-order valence-corrected chi connectivity index (χ2v) is 6.71. The summed E-state index contributed by atoms with van der Waals surface area (Å²) in [6, 6.07) is 4.18. The van der Waals surface area contributed by atoms with Gasteiger partial charge in [0.1, 0.15) is 5.75 Å². The number of aryl methyl sites for hydroxylation is 1. The minimum Gasteiger partial charge on any atom is -0.507 e. The Morgan fingerprint density at radius 3 is 1.33 bits per heavy atom. The number of phenolic OH excluding ortho intramolecular Hbond substituents is 1. The van der Waals surface area contributed by atoms with Crippen LogP contribution in [0.4, 0.5) is 0 Å². The molecule has 0 aliphatic heterocycles. The molecule has 3 heteroatoms. The van der Waals surface area contributed by atoms with E-state index in [0.717, 1.165) is 11.1 Å². The highest BCUT2D eigenvalue weighted by molar-refractivity contribution is 5.49. The molecule has 0 unspecified atom stereocenters. The van der Waals surface area contributed by atoms with Crippen molar-refractivity contribution in [2.45, 2.75) is 59.3 Å². The third kappa shape index (κ3) is 4.00. The molecule has 1 aromatic rings. The molecule has 1 aromatic carbocycles. The molecule has 5 N–H and O–H groups in total. The minimum atomic E-state index is -0.0178. The zero-order valence-electron chi connectivity index (χ0n) is 12.8. The molecule has 1 rings (SSSR count). The van der Waals surface area contributed by atoms with Crippen molar-refractivity contribution in [1.29, 1.82) is 0 Å². The van der Waals surface area contributed by atoms with Crippen molar-refractivity contribution in [1.82, 2.24) is 0 Å². The summed E-state index contributed by atoms with van der Waals surface area (Å²) in [5.74, 6) is 8.46. The maximum Gasteiger partial charge on any atom is 0.123 e. The predicted octanol–water partition coefficient (Wildman–Crippen LogP) is 3.11. The summed E-state index contributed by atoms with van der Waals surface area (Å²) in [4.78, 5) is 0. The van der Waals surface area contributed by atoms with Gasteiger partial charge in [0.15, 0.2) is 0 Å². The first-order valence-corrected chi connectivity index (χ1v) is 6.21. The van der Waals surface area contributed by atoms with Gasteiger partial charge in [-0.1, -0.05) is 59.2 Å². The van der Waals surface area contributed by atoms with Crippen molar-refractivity contribution >= 4 is 0 Å². The quantitative estimate of drug-likeness (QED) is 0.490. The third-order valence-corrected chi connectivity index (χ3v) is 2.87. The second kappa shape index (κ2) is 5.72. The highest BCUT2D eigenvalue weighted by Gasteiger charge is 2.25. The highest BCUT2D eigenvalue weighted by Crippen LogP contribution is 2.39. The van der Waals surface area contributed by atoms with Crippen molar-refractivity contribution in [3.8, 4) is 5.75 Å². The van der Waals surface area contributed by atoms with Crippen LogP contribution in [0.3, 0.4) is 0 Å². The lowest BCUT2D eigenvalue weighted by Crippen LogP contribution is -2.17. The van der Waals surface area contributed by atoms with Crippen LogP contribution in [0.5, 0.6) is 5.75 Å². The Morgan fingerprint density at radius 2 is 1.11 bits per heavy atom. The monoisotopic (exact) mass is 252 g/mol. The molecule has 0 saturated heterocycles. The first kappa shape index (κ1) is 16.9. The van der Waals surface area contributed by atoms with Crippen LogP contribution < -0.4 is 11.7 Å². The number of aromatic hydroxyl groups is 1. The first-order valence-electron chi connectivity index (χ1n) is 6.21. The molecule has 0 heterocycles. The van der Waals surface area contributed by atoms with Gasteiger partial charge in [-0.2, -0.15) is 0 Å². The van der Waals surface area contributed by atoms with Gasteiger partial charge >= 0.3 is 0 Å². The van der Waals surface area contributed by atoms with Crippen LogP contribution in [0, 0.1) is 6.92 Å².